The zero-order valence-corrected chi connectivity index (χ0v) is 34.3. The average molecular weight is 763 g/mol. The largest absolute Gasteiger partial charge is 0.275 e. The van der Waals surface area contributed by atoms with Gasteiger partial charge in [-0.2, -0.15) is 9.13 Å². The maximum absolute atomic E-state index is 2.68. The van der Waals surface area contributed by atoms with Crippen LogP contribution in [0.15, 0.2) is 188 Å². The van der Waals surface area contributed by atoms with E-state index in [0.29, 0.717) is 0 Å². The van der Waals surface area contributed by atoms with Gasteiger partial charge >= 0.3 is 0 Å². The predicted molar refractivity (Wildman–Crippen MR) is 242 cm³/mol. The normalized spacial score (nSPS) is 20.3. The second-order valence-electron chi connectivity index (χ2n) is 17.0. The van der Waals surface area contributed by atoms with Crippen molar-refractivity contribution >= 4 is 0 Å². The fraction of sp³-hybridized carbons (Fsp3) is 0.193. The number of fused-ring (bicyclic) bond motifs is 13. The summed E-state index contributed by atoms with van der Waals surface area (Å²) < 4.78 is 5.33. The Kier molecular flexibility index (Phi) is 8.24. The Morgan fingerprint density at radius 3 is 1.71 bits per heavy atom. The molecule has 1 aliphatic carbocycles. The van der Waals surface area contributed by atoms with E-state index in [0.717, 1.165) is 19.3 Å². The summed E-state index contributed by atoms with van der Waals surface area (Å²) in [6, 6.07) is 66.5. The van der Waals surface area contributed by atoms with Crippen LogP contribution in [0.1, 0.15) is 63.1 Å². The highest BCUT2D eigenvalue weighted by molar-refractivity contribution is 5.85. The molecule has 3 atom stereocenters. The summed E-state index contributed by atoms with van der Waals surface area (Å²) in [5, 5.41) is 0. The minimum Gasteiger partial charge on any atom is -0.184 e. The molecule has 2 heteroatoms. The number of benzene rings is 6. The van der Waals surface area contributed by atoms with Gasteiger partial charge in [0.25, 0.3) is 11.1 Å². The second kappa shape index (κ2) is 13.6. The van der Waals surface area contributed by atoms with Crippen molar-refractivity contribution in [3.8, 4) is 67.0 Å². The molecule has 8 aromatic rings. The Labute approximate surface area is 349 Å². The standard InChI is InChI=1S/C57H50N2/c1-4-7-19-40-20-17-23-42(34-40)47-36-46(41-21-9-8-10-22-41)37-48(38-47)44-25-18-24-43(35-44)45-30-31-51-50(39-45)54-29-13-15-32-58(54)56(6-3)55(51,5-2)57(56)52-27-12-11-26-49(52)53-28-14-16-33-59(53)57/h8-18,20-39H,4-7,19H2,1-3H3/q+2. The molecule has 2 aromatic heterocycles. The first kappa shape index (κ1) is 35.8. The summed E-state index contributed by atoms with van der Waals surface area (Å²) >= 11 is 0. The van der Waals surface area contributed by atoms with Gasteiger partial charge in [-0.25, -0.2) is 0 Å². The minimum absolute atomic E-state index is 0.140. The first-order valence-corrected chi connectivity index (χ1v) is 21.8. The van der Waals surface area contributed by atoms with Crippen molar-refractivity contribution in [3.05, 3.63) is 205 Å². The molecule has 0 amide bonds. The number of aryl methyl sites for hydroxylation is 1. The van der Waals surface area contributed by atoms with Crippen LogP contribution in [-0.4, -0.2) is 0 Å². The van der Waals surface area contributed by atoms with Gasteiger partial charge in [0.2, 0.25) is 11.4 Å². The number of hydrogen-bond acceptors (Lipinski definition) is 0. The lowest BCUT2D eigenvalue weighted by atomic mass is 9.77. The van der Waals surface area contributed by atoms with Gasteiger partial charge < -0.3 is 0 Å². The SMILES string of the molecule is CCCCc1cccc(-c2cc(-c3ccccc3)cc(-c3cccc(-c4ccc5c(c4)-c4cccc[n+]4C4(CC)C5(CC)C45c4ccccc4-c4cccc[n+]45)c3)c2)c1. The van der Waals surface area contributed by atoms with E-state index >= 15 is 0 Å². The highest BCUT2D eigenvalue weighted by Gasteiger charge is 3.03. The Morgan fingerprint density at radius 1 is 0.407 bits per heavy atom. The quantitative estimate of drug-likeness (QED) is 0.129. The van der Waals surface area contributed by atoms with Crippen molar-refractivity contribution in [3.63, 3.8) is 0 Å². The molecule has 6 aromatic carbocycles. The lowest BCUT2D eigenvalue weighted by Gasteiger charge is -2.26. The zero-order chi connectivity index (χ0) is 39.8. The van der Waals surface area contributed by atoms with E-state index in [1.807, 2.05) is 0 Å². The third-order valence-corrected chi connectivity index (χ3v) is 14.4. The Hall–Kier alpha value is -6.38. The summed E-state index contributed by atoms with van der Waals surface area (Å²) in [5.41, 5.74) is 19.0. The van der Waals surface area contributed by atoms with E-state index in [2.05, 4.69) is 218 Å². The van der Waals surface area contributed by atoms with Crippen LogP contribution >= 0.6 is 0 Å². The van der Waals surface area contributed by atoms with Crippen LogP contribution in [0.3, 0.4) is 0 Å². The molecule has 2 aliphatic heterocycles. The monoisotopic (exact) mass is 762 g/mol. The van der Waals surface area contributed by atoms with Crippen LogP contribution in [0, 0.1) is 0 Å². The molecule has 0 N–H and O–H groups in total. The zero-order valence-electron chi connectivity index (χ0n) is 34.3. The lowest BCUT2D eigenvalue weighted by Crippen LogP contribution is -2.60. The summed E-state index contributed by atoms with van der Waals surface area (Å²) in [5.74, 6) is 0. The summed E-state index contributed by atoms with van der Waals surface area (Å²) in [6.07, 6.45) is 10.3. The van der Waals surface area contributed by atoms with Gasteiger partial charge in [-0.1, -0.05) is 130 Å². The van der Waals surface area contributed by atoms with Gasteiger partial charge in [0.15, 0.2) is 12.4 Å². The lowest BCUT2D eigenvalue weighted by molar-refractivity contribution is -0.799. The topological polar surface area (TPSA) is 7.76 Å². The molecular formula is C57H50N2+2. The Morgan fingerprint density at radius 2 is 0.983 bits per heavy atom. The van der Waals surface area contributed by atoms with Crippen LogP contribution in [0.2, 0.25) is 0 Å². The number of aromatic nitrogens is 2. The van der Waals surface area contributed by atoms with Crippen LogP contribution in [0.5, 0.6) is 0 Å². The number of pyridine rings is 2. The summed E-state index contributed by atoms with van der Waals surface area (Å²) in [7, 11) is 0. The summed E-state index contributed by atoms with van der Waals surface area (Å²) in [6.45, 7) is 7.11. The molecule has 1 fully saturated rings. The molecule has 0 saturated heterocycles. The molecule has 0 radical (unpaired) electrons. The Bertz CT molecular complexity index is 2880. The van der Waals surface area contributed by atoms with Gasteiger partial charge in [0.1, 0.15) is 5.41 Å². The van der Waals surface area contributed by atoms with Crippen LogP contribution in [-0.2, 0) is 22.9 Å². The van der Waals surface area contributed by atoms with E-state index in [1.165, 1.54) is 96.6 Å². The van der Waals surface area contributed by atoms with E-state index in [9.17, 15) is 0 Å². The molecular weight excluding hydrogens is 713 g/mol. The Balaban J connectivity index is 1.07. The third kappa shape index (κ3) is 4.81. The average Bonchev–Trinajstić information content (AvgIpc) is 3.77. The first-order valence-electron chi connectivity index (χ1n) is 21.8. The molecule has 11 rings (SSSR count). The number of nitrogens with zero attached hydrogens (tertiary/aromatic N) is 2. The van der Waals surface area contributed by atoms with Gasteiger partial charge in [0.05, 0.1) is 11.1 Å². The third-order valence-electron chi connectivity index (χ3n) is 14.4. The van der Waals surface area contributed by atoms with Gasteiger partial charge in [-0.15, -0.1) is 0 Å². The van der Waals surface area contributed by atoms with E-state index in [-0.39, 0.29) is 16.5 Å². The molecule has 1 spiro atoms. The molecule has 2 nitrogen and oxygen atoms in total. The van der Waals surface area contributed by atoms with Crippen LogP contribution in [0.4, 0.5) is 0 Å². The molecule has 0 bridgehead atoms. The molecule has 3 unspecified atom stereocenters. The van der Waals surface area contributed by atoms with Crippen LogP contribution < -0.4 is 9.13 Å². The smallest absolute Gasteiger partial charge is 0.184 e. The predicted octanol–water partition coefficient (Wildman–Crippen LogP) is 13.1. The van der Waals surface area contributed by atoms with Crippen molar-refractivity contribution in [2.45, 2.75) is 69.4 Å². The highest BCUT2D eigenvalue weighted by atomic mass is 15.3. The first-order chi connectivity index (χ1) is 29.1. The second-order valence-corrected chi connectivity index (χ2v) is 17.0. The molecule has 286 valence electrons. The molecule has 3 aliphatic rings. The maximum Gasteiger partial charge on any atom is 0.275 e. The van der Waals surface area contributed by atoms with E-state index in [1.54, 1.807) is 0 Å². The van der Waals surface area contributed by atoms with Gasteiger partial charge in [0, 0.05) is 36.2 Å². The van der Waals surface area contributed by atoms with E-state index in [4.69, 9.17) is 0 Å². The van der Waals surface area contributed by atoms with E-state index < -0.39 is 0 Å². The van der Waals surface area contributed by atoms with Crippen molar-refractivity contribution in [2.24, 2.45) is 0 Å². The van der Waals surface area contributed by atoms with Crippen LogP contribution in [0.25, 0.3) is 67.0 Å². The molecule has 59 heavy (non-hydrogen) atoms. The van der Waals surface area contributed by atoms with Gasteiger partial charge in [-0.05, 0) is 123 Å². The fourth-order valence-electron chi connectivity index (χ4n) is 12.1. The number of rotatable bonds is 9. The number of unbranched alkanes of at least 4 members (excludes halogenated alkanes) is 1. The summed E-state index contributed by atoms with van der Waals surface area (Å²) in [4.78, 5) is 0. The minimum atomic E-state index is -0.249. The van der Waals surface area contributed by atoms with Crippen molar-refractivity contribution in [1.29, 1.82) is 0 Å². The maximum atomic E-state index is 2.68. The molecule has 4 heterocycles. The van der Waals surface area contributed by atoms with Crippen molar-refractivity contribution in [1.82, 2.24) is 0 Å². The van der Waals surface area contributed by atoms with Gasteiger partial charge in [-0.3, -0.25) is 0 Å². The molecule has 1 saturated carbocycles. The highest BCUT2D eigenvalue weighted by Crippen LogP contribution is 2.80. The van der Waals surface area contributed by atoms with Crippen molar-refractivity contribution in [2.75, 3.05) is 0 Å². The van der Waals surface area contributed by atoms with Crippen molar-refractivity contribution < 1.29 is 9.13 Å². The number of hydrogen-bond donors (Lipinski definition) is 0. The fourth-order valence-corrected chi connectivity index (χ4v) is 12.1.